The van der Waals surface area contributed by atoms with Crippen molar-refractivity contribution in [3.8, 4) is 11.0 Å². The number of likely N-dealkylation sites (N-methyl/N-ethyl adjacent to an activating group) is 1. The molecule has 3 fully saturated rings. The Hall–Kier alpha value is -2.95. The number of sulfonamides is 1. The third kappa shape index (κ3) is 5.56. The minimum atomic E-state index is -3.95. The molecule has 228 valence electrons. The van der Waals surface area contributed by atoms with Crippen molar-refractivity contribution < 1.29 is 26.7 Å². The van der Waals surface area contributed by atoms with E-state index >= 15 is 0 Å². The zero-order valence-electron chi connectivity index (χ0n) is 23.9. The van der Waals surface area contributed by atoms with Crippen molar-refractivity contribution in [2.45, 2.75) is 56.6 Å². The zero-order valence-corrected chi connectivity index (χ0v) is 25.5. The van der Waals surface area contributed by atoms with Crippen LogP contribution in [0.2, 0.25) is 0 Å². The van der Waals surface area contributed by atoms with Crippen LogP contribution in [0.4, 0.5) is 14.5 Å². The number of benzene rings is 1. The van der Waals surface area contributed by atoms with E-state index in [1.165, 1.54) is 10.7 Å². The van der Waals surface area contributed by atoms with Gasteiger partial charge in [-0.1, -0.05) is 25.2 Å². The molecule has 16 heteroatoms. The van der Waals surface area contributed by atoms with Crippen molar-refractivity contribution in [3.05, 3.63) is 17.1 Å². The summed E-state index contributed by atoms with van der Waals surface area (Å²) < 4.78 is 64.6. The van der Waals surface area contributed by atoms with E-state index in [2.05, 4.69) is 24.9 Å². The van der Waals surface area contributed by atoms with Crippen LogP contribution < -0.4 is 14.4 Å². The lowest BCUT2D eigenvalue weighted by molar-refractivity contribution is -0.134. The quantitative estimate of drug-likeness (QED) is 0.383. The SMILES string of the molecule is CC(C)C(=O)N1CCN(c2cc(S(=O)(=O)NC3(C)CC3)cc3c2c(OC2CN(C)C2)nn3-c2nnc(C(F)F)s2)CC1. The molecule has 0 spiro atoms. The van der Waals surface area contributed by atoms with Gasteiger partial charge in [0.1, 0.15) is 6.10 Å². The molecule has 3 aliphatic rings. The maximum absolute atomic E-state index is 13.6. The minimum absolute atomic E-state index is 0.0217. The van der Waals surface area contributed by atoms with Crippen molar-refractivity contribution in [3.63, 3.8) is 0 Å². The first kappa shape index (κ1) is 29.1. The molecule has 1 amide bonds. The Morgan fingerprint density at radius 3 is 2.40 bits per heavy atom. The molecule has 1 aliphatic carbocycles. The van der Waals surface area contributed by atoms with Gasteiger partial charge in [0.2, 0.25) is 26.9 Å². The van der Waals surface area contributed by atoms with E-state index in [4.69, 9.17) is 4.74 Å². The maximum atomic E-state index is 13.6. The summed E-state index contributed by atoms with van der Waals surface area (Å²) >= 11 is 0.684. The molecule has 0 radical (unpaired) electrons. The van der Waals surface area contributed by atoms with E-state index in [-0.39, 0.29) is 33.8 Å². The number of piperazine rings is 1. The highest BCUT2D eigenvalue weighted by Crippen LogP contribution is 2.41. The molecule has 3 aromatic rings. The van der Waals surface area contributed by atoms with E-state index in [0.717, 1.165) is 12.8 Å². The van der Waals surface area contributed by atoms with Crippen LogP contribution >= 0.6 is 11.3 Å². The summed E-state index contributed by atoms with van der Waals surface area (Å²) in [5.41, 5.74) is 0.430. The number of ether oxygens (including phenoxy) is 1. The van der Waals surface area contributed by atoms with Crippen molar-refractivity contribution >= 4 is 43.9 Å². The number of carbonyl (C=O) groups excluding carboxylic acids is 1. The van der Waals surface area contributed by atoms with Gasteiger partial charge in [-0.15, -0.1) is 15.3 Å². The second-order valence-electron chi connectivity index (χ2n) is 11.9. The molecule has 1 saturated carbocycles. The third-order valence-corrected chi connectivity index (χ3v) is 10.5. The van der Waals surface area contributed by atoms with Crippen LogP contribution in [0.1, 0.15) is 45.0 Å². The van der Waals surface area contributed by atoms with E-state index in [9.17, 15) is 22.0 Å². The minimum Gasteiger partial charge on any atom is -0.470 e. The molecule has 2 aliphatic heterocycles. The summed E-state index contributed by atoms with van der Waals surface area (Å²) in [5.74, 6) is 0.198. The van der Waals surface area contributed by atoms with Crippen molar-refractivity contribution in [2.75, 3.05) is 51.2 Å². The van der Waals surface area contributed by atoms with Gasteiger partial charge in [0.25, 0.3) is 6.43 Å². The number of anilines is 1. The number of likely N-dealkylation sites (tertiary alicyclic amines) is 1. The summed E-state index contributed by atoms with van der Waals surface area (Å²) in [6, 6.07) is 3.11. The molecule has 6 rings (SSSR count). The Morgan fingerprint density at radius 1 is 1.14 bits per heavy atom. The van der Waals surface area contributed by atoms with Crippen LogP contribution in [-0.4, -0.2) is 102 Å². The van der Waals surface area contributed by atoms with Gasteiger partial charge in [-0.2, -0.15) is 0 Å². The Kier molecular flexibility index (Phi) is 7.38. The second kappa shape index (κ2) is 10.6. The van der Waals surface area contributed by atoms with Crippen LogP contribution in [-0.2, 0) is 14.8 Å². The van der Waals surface area contributed by atoms with Crippen molar-refractivity contribution in [1.82, 2.24) is 34.5 Å². The van der Waals surface area contributed by atoms with E-state index in [0.29, 0.717) is 67.2 Å². The third-order valence-electron chi connectivity index (χ3n) is 7.93. The monoisotopic (exact) mass is 624 g/mol. The van der Waals surface area contributed by atoms with Crippen molar-refractivity contribution in [1.29, 1.82) is 0 Å². The topological polar surface area (TPSA) is 126 Å². The largest absolute Gasteiger partial charge is 0.470 e. The molecular formula is C26H34F2N8O4S2. The Balaban J connectivity index is 1.49. The number of amides is 1. The number of nitrogens with one attached hydrogen (secondary N) is 1. The average molecular weight is 625 g/mol. The molecule has 1 N–H and O–H groups in total. The van der Waals surface area contributed by atoms with E-state index < -0.39 is 27.0 Å². The number of carbonyl (C=O) groups is 1. The molecule has 2 saturated heterocycles. The predicted molar refractivity (Wildman–Crippen MR) is 153 cm³/mol. The average Bonchev–Trinajstić information content (AvgIpc) is 3.30. The number of hydrogen-bond donors (Lipinski definition) is 1. The zero-order chi connectivity index (χ0) is 30.0. The normalized spacial score (nSPS) is 19.6. The lowest BCUT2D eigenvalue weighted by Gasteiger charge is -2.38. The standard InChI is InChI=1S/C26H34F2N8O4S2/c1-15(2)24(37)35-9-7-34(8-10-35)18-11-17(42(38,39)32-26(3)5-6-26)12-19-20(18)22(40-16-13-33(4)14-16)31-36(19)25-30-29-23(41-25)21(27)28/h11-12,15-16,21,32H,5-10,13-14H2,1-4H3. The van der Waals surface area contributed by atoms with Gasteiger partial charge >= 0.3 is 0 Å². The fourth-order valence-corrected chi connectivity index (χ4v) is 7.45. The number of aromatic nitrogens is 4. The lowest BCUT2D eigenvalue weighted by Crippen LogP contribution is -2.51. The van der Waals surface area contributed by atoms with Gasteiger partial charge in [-0.25, -0.2) is 26.6 Å². The number of rotatable bonds is 9. The van der Waals surface area contributed by atoms with Crippen LogP contribution in [0.15, 0.2) is 17.0 Å². The number of hydrogen-bond acceptors (Lipinski definition) is 10. The van der Waals surface area contributed by atoms with Gasteiger partial charge in [0.05, 0.1) is 21.5 Å². The summed E-state index contributed by atoms with van der Waals surface area (Å²) in [4.78, 5) is 18.6. The number of halogens is 2. The molecule has 42 heavy (non-hydrogen) atoms. The highest BCUT2D eigenvalue weighted by molar-refractivity contribution is 7.89. The van der Waals surface area contributed by atoms with Crippen LogP contribution in [0.3, 0.4) is 0 Å². The lowest BCUT2D eigenvalue weighted by atomic mass is 10.1. The van der Waals surface area contributed by atoms with Gasteiger partial charge in [-0.05, 0) is 38.9 Å². The smallest absolute Gasteiger partial charge is 0.291 e. The van der Waals surface area contributed by atoms with Crippen LogP contribution in [0.5, 0.6) is 5.88 Å². The first-order chi connectivity index (χ1) is 19.8. The first-order valence-corrected chi connectivity index (χ1v) is 16.3. The number of fused-ring (bicyclic) bond motifs is 1. The van der Waals surface area contributed by atoms with E-state index in [1.807, 2.05) is 37.6 Å². The van der Waals surface area contributed by atoms with Crippen molar-refractivity contribution in [2.24, 2.45) is 5.92 Å². The number of alkyl halides is 2. The van der Waals surface area contributed by atoms with Crippen LogP contribution in [0, 0.1) is 5.92 Å². The van der Waals surface area contributed by atoms with Gasteiger partial charge in [-0.3, -0.25) is 9.69 Å². The Morgan fingerprint density at radius 2 is 1.83 bits per heavy atom. The molecule has 2 aromatic heterocycles. The summed E-state index contributed by atoms with van der Waals surface area (Å²) in [5, 5.41) is 12.4. The molecule has 0 bridgehead atoms. The molecule has 1 aromatic carbocycles. The fraction of sp³-hybridized carbons (Fsp3) is 0.615. The molecule has 4 heterocycles. The Bertz CT molecular complexity index is 1610. The molecular weight excluding hydrogens is 590 g/mol. The molecule has 12 nitrogen and oxygen atoms in total. The Labute approximate surface area is 246 Å². The first-order valence-electron chi connectivity index (χ1n) is 14.0. The second-order valence-corrected chi connectivity index (χ2v) is 14.5. The van der Waals surface area contributed by atoms with Gasteiger partial charge in [0, 0.05) is 50.7 Å². The highest BCUT2D eigenvalue weighted by atomic mass is 32.2. The fourth-order valence-electron chi connectivity index (χ4n) is 5.28. The summed E-state index contributed by atoms with van der Waals surface area (Å²) in [6.07, 6.45) is -1.47. The maximum Gasteiger partial charge on any atom is 0.291 e. The summed E-state index contributed by atoms with van der Waals surface area (Å²) in [6.45, 7) is 8.82. The summed E-state index contributed by atoms with van der Waals surface area (Å²) in [7, 11) is -1.98. The van der Waals surface area contributed by atoms with E-state index in [1.54, 1.807) is 6.07 Å². The van der Waals surface area contributed by atoms with Crippen LogP contribution in [0.25, 0.3) is 16.0 Å². The number of nitrogens with zero attached hydrogens (tertiary/aromatic N) is 7. The molecule has 0 unspecified atom stereocenters. The van der Waals surface area contributed by atoms with Gasteiger partial charge in [0.15, 0.2) is 5.01 Å². The predicted octanol–water partition coefficient (Wildman–Crippen LogP) is 2.64. The molecule has 0 atom stereocenters. The highest BCUT2D eigenvalue weighted by Gasteiger charge is 2.42. The van der Waals surface area contributed by atoms with Gasteiger partial charge < -0.3 is 14.5 Å².